The highest BCUT2D eigenvalue weighted by Crippen LogP contribution is 2.27. The van der Waals surface area contributed by atoms with Crippen molar-refractivity contribution in [1.82, 2.24) is 0 Å². The van der Waals surface area contributed by atoms with Gasteiger partial charge in [0, 0.05) is 5.56 Å². The van der Waals surface area contributed by atoms with E-state index in [4.69, 9.17) is 9.47 Å². The highest BCUT2D eigenvalue weighted by atomic mass is 16.6. The maximum atomic E-state index is 12.8. The lowest BCUT2D eigenvalue weighted by molar-refractivity contribution is -0.142. The van der Waals surface area contributed by atoms with Crippen LogP contribution in [0.15, 0.2) is 72.8 Å². The fraction of sp³-hybridized carbons (Fsp3) is 0.167. The third-order valence-corrected chi connectivity index (χ3v) is 4.30. The highest BCUT2D eigenvalue weighted by molar-refractivity contribution is 6.05. The van der Waals surface area contributed by atoms with Crippen LogP contribution in [-0.2, 0) is 16.1 Å². The molecular weight excluding hydrogens is 382 g/mol. The van der Waals surface area contributed by atoms with Crippen molar-refractivity contribution in [3.8, 4) is 11.5 Å². The number of aryl methyl sites for hydroxylation is 1. The zero-order valence-electron chi connectivity index (χ0n) is 16.9. The zero-order chi connectivity index (χ0) is 21.3. The second-order valence-electron chi connectivity index (χ2n) is 6.62. The lowest BCUT2D eigenvalue weighted by Crippen LogP contribution is -2.15. The second kappa shape index (κ2) is 10.1. The van der Waals surface area contributed by atoms with Crippen molar-refractivity contribution in [1.29, 1.82) is 0 Å². The molecule has 0 saturated heterocycles. The van der Waals surface area contributed by atoms with Gasteiger partial charge < -0.3 is 19.5 Å². The standard InChI is InChI=1S/C24H23NO5/c1-17-11-12-21(22(13-17)30-15-18-7-4-3-5-8-18)25-24(27)19-9-6-10-20(14-19)29-16-23(26)28-2/h3-14H,15-16H2,1-2H3,(H,25,27). The quantitative estimate of drug-likeness (QED) is 0.563. The van der Waals surface area contributed by atoms with Gasteiger partial charge in [0.1, 0.15) is 18.1 Å². The molecule has 3 aromatic rings. The molecule has 0 aliphatic heterocycles. The summed E-state index contributed by atoms with van der Waals surface area (Å²) in [6.45, 7) is 2.13. The van der Waals surface area contributed by atoms with Crippen LogP contribution >= 0.6 is 0 Å². The van der Waals surface area contributed by atoms with Crippen molar-refractivity contribution in [2.45, 2.75) is 13.5 Å². The molecule has 0 unspecified atom stereocenters. The van der Waals surface area contributed by atoms with Crippen LogP contribution in [-0.4, -0.2) is 25.6 Å². The number of anilines is 1. The smallest absolute Gasteiger partial charge is 0.343 e. The minimum absolute atomic E-state index is 0.225. The van der Waals surface area contributed by atoms with Crippen LogP contribution in [0.25, 0.3) is 0 Å². The van der Waals surface area contributed by atoms with E-state index in [-0.39, 0.29) is 12.5 Å². The molecule has 0 spiro atoms. The molecule has 0 heterocycles. The molecule has 0 radical (unpaired) electrons. The maximum absolute atomic E-state index is 12.8. The summed E-state index contributed by atoms with van der Waals surface area (Å²) in [6, 6.07) is 22.0. The number of esters is 1. The first-order valence-corrected chi connectivity index (χ1v) is 9.43. The van der Waals surface area contributed by atoms with E-state index in [0.717, 1.165) is 11.1 Å². The second-order valence-corrected chi connectivity index (χ2v) is 6.62. The summed E-state index contributed by atoms with van der Waals surface area (Å²) in [6.07, 6.45) is 0. The van der Waals surface area contributed by atoms with Crippen LogP contribution in [0.2, 0.25) is 0 Å². The molecule has 0 aliphatic rings. The SMILES string of the molecule is COC(=O)COc1cccc(C(=O)Nc2ccc(C)cc2OCc2ccccc2)c1. The highest BCUT2D eigenvalue weighted by Gasteiger charge is 2.12. The van der Waals surface area contributed by atoms with E-state index in [9.17, 15) is 9.59 Å². The van der Waals surface area contributed by atoms with Gasteiger partial charge in [-0.05, 0) is 48.4 Å². The molecular formula is C24H23NO5. The van der Waals surface area contributed by atoms with Crippen LogP contribution < -0.4 is 14.8 Å². The summed E-state index contributed by atoms with van der Waals surface area (Å²) in [7, 11) is 1.29. The van der Waals surface area contributed by atoms with Gasteiger partial charge in [0.2, 0.25) is 0 Å². The number of ether oxygens (including phenoxy) is 3. The summed E-state index contributed by atoms with van der Waals surface area (Å²) in [5.41, 5.74) is 3.02. The van der Waals surface area contributed by atoms with Crippen LogP contribution in [0.1, 0.15) is 21.5 Å². The summed E-state index contributed by atoms with van der Waals surface area (Å²) >= 11 is 0. The van der Waals surface area contributed by atoms with Crippen molar-refractivity contribution in [3.63, 3.8) is 0 Å². The van der Waals surface area contributed by atoms with Gasteiger partial charge in [-0.15, -0.1) is 0 Å². The van der Waals surface area contributed by atoms with Crippen molar-refractivity contribution in [2.24, 2.45) is 0 Å². The Kier molecular flexibility index (Phi) is 7.05. The number of carbonyl (C=O) groups is 2. The number of nitrogens with one attached hydrogen (secondary N) is 1. The van der Waals surface area contributed by atoms with Gasteiger partial charge in [0.05, 0.1) is 12.8 Å². The normalized spacial score (nSPS) is 10.2. The molecule has 1 N–H and O–H groups in total. The molecule has 30 heavy (non-hydrogen) atoms. The zero-order valence-corrected chi connectivity index (χ0v) is 16.9. The fourth-order valence-corrected chi connectivity index (χ4v) is 2.71. The molecule has 0 bridgehead atoms. The average Bonchev–Trinajstić information content (AvgIpc) is 2.78. The molecule has 3 aromatic carbocycles. The van der Waals surface area contributed by atoms with Crippen LogP contribution in [0.3, 0.4) is 0 Å². The lowest BCUT2D eigenvalue weighted by Gasteiger charge is -2.14. The molecule has 3 rings (SSSR count). The number of methoxy groups -OCH3 is 1. The van der Waals surface area contributed by atoms with Gasteiger partial charge in [-0.2, -0.15) is 0 Å². The Labute approximate surface area is 175 Å². The molecule has 0 fully saturated rings. The summed E-state index contributed by atoms with van der Waals surface area (Å²) in [5, 5.41) is 2.88. The monoisotopic (exact) mass is 405 g/mol. The van der Waals surface area contributed by atoms with E-state index in [1.165, 1.54) is 7.11 Å². The van der Waals surface area contributed by atoms with Crippen LogP contribution in [0, 0.1) is 6.92 Å². The van der Waals surface area contributed by atoms with E-state index in [2.05, 4.69) is 10.1 Å². The van der Waals surface area contributed by atoms with Crippen molar-refractivity contribution >= 4 is 17.6 Å². The Balaban J connectivity index is 1.71. The Morgan fingerprint density at radius 2 is 1.70 bits per heavy atom. The van der Waals surface area contributed by atoms with Gasteiger partial charge in [-0.3, -0.25) is 4.79 Å². The van der Waals surface area contributed by atoms with Crippen LogP contribution in [0.4, 0.5) is 5.69 Å². The summed E-state index contributed by atoms with van der Waals surface area (Å²) in [5.74, 6) is 0.180. The van der Waals surface area contributed by atoms with Crippen LogP contribution in [0.5, 0.6) is 11.5 Å². The Bertz CT molecular complexity index is 1020. The van der Waals surface area contributed by atoms with E-state index in [1.54, 1.807) is 24.3 Å². The molecule has 6 heteroatoms. The van der Waals surface area contributed by atoms with Gasteiger partial charge in [0.15, 0.2) is 6.61 Å². The number of benzene rings is 3. The molecule has 0 atom stereocenters. The Morgan fingerprint density at radius 3 is 2.47 bits per heavy atom. The number of hydrogen-bond acceptors (Lipinski definition) is 5. The molecule has 0 aromatic heterocycles. The molecule has 154 valence electrons. The number of amides is 1. The first kappa shape index (κ1) is 20.9. The summed E-state index contributed by atoms with van der Waals surface area (Å²) in [4.78, 5) is 24.0. The molecule has 0 aliphatic carbocycles. The molecule has 1 amide bonds. The Hall–Kier alpha value is -3.80. The number of hydrogen-bond donors (Lipinski definition) is 1. The topological polar surface area (TPSA) is 73.9 Å². The minimum atomic E-state index is -0.496. The van der Waals surface area contributed by atoms with Gasteiger partial charge >= 0.3 is 5.97 Å². The first-order valence-electron chi connectivity index (χ1n) is 9.43. The van der Waals surface area contributed by atoms with Gasteiger partial charge in [-0.1, -0.05) is 42.5 Å². The molecule has 6 nitrogen and oxygen atoms in total. The van der Waals surface area contributed by atoms with Gasteiger partial charge in [-0.25, -0.2) is 4.79 Å². The minimum Gasteiger partial charge on any atom is -0.487 e. The largest absolute Gasteiger partial charge is 0.487 e. The third kappa shape index (κ3) is 5.85. The maximum Gasteiger partial charge on any atom is 0.343 e. The van der Waals surface area contributed by atoms with Crippen molar-refractivity contribution < 1.29 is 23.8 Å². The predicted molar refractivity (Wildman–Crippen MR) is 114 cm³/mol. The Morgan fingerprint density at radius 1 is 0.900 bits per heavy atom. The average molecular weight is 405 g/mol. The van der Waals surface area contributed by atoms with Gasteiger partial charge in [0.25, 0.3) is 5.91 Å². The van der Waals surface area contributed by atoms with E-state index in [1.807, 2.05) is 55.5 Å². The van der Waals surface area contributed by atoms with E-state index >= 15 is 0 Å². The predicted octanol–water partition coefficient (Wildman–Crippen LogP) is 4.38. The number of carbonyl (C=O) groups excluding carboxylic acids is 2. The van der Waals surface area contributed by atoms with E-state index in [0.29, 0.717) is 29.4 Å². The third-order valence-electron chi connectivity index (χ3n) is 4.30. The lowest BCUT2D eigenvalue weighted by atomic mass is 10.1. The fourth-order valence-electron chi connectivity index (χ4n) is 2.71. The number of rotatable bonds is 8. The summed E-state index contributed by atoms with van der Waals surface area (Å²) < 4.78 is 15.8. The molecule has 0 saturated carbocycles. The van der Waals surface area contributed by atoms with Crippen molar-refractivity contribution in [3.05, 3.63) is 89.5 Å². The first-order chi connectivity index (χ1) is 14.5. The van der Waals surface area contributed by atoms with E-state index < -0.39 is 5.97 Å². The van der Waals surface area contributed by atoms with Crippen molar-refractivity contribution in [2.75, 3.05) is 19.0 Å².